The van der Waals surface area contributed by atoms with Crippen molar-refractivity contribution in [3.63, 3.8) is 0 Å². The van der Waals surface area contributed by atoms with Gasteiger partial charge in [0.25, 0.3) is 0 Å². The van der Waals surface area contributed by atoms with Crippen LogP contribution in [0, 0.1) is 17.5 Å². The molecule has 1 amide bonds. The first-order valence-electron chi connectivity index (χ1n) is 10.8. The van der Waals surface area contributed by atoms with Crippen molar-refractivity contribution in [2.45, 2.75) is 45.2 Å². The Morgan fingerprint density at radius 1 is 1.03 bits per heavy atom. The van der Waals surface area contributed by atoms with Gasteiger partial charge in [-0.3, -0.25) is 9.48 Å². The molecule has 0 fully saturated rings. The Balaban J connectivity index is 1.44. The summed E-state index contributed by atoms with van der Waals surface area (Å²) in [7, 11) is 3.62. The van der Waals surface area contributed by atoms with Gasteiger partial charge in [0.1, 0.15) is 17.6 Å². The fourth-order valence-electron chi connectivity index (χ4n) is 4.03. The summed E-state index contributed by atoms with van der Waals surface area (Å²) in [4.78, 5) is 25.3. The number of hydrogen-bond donors (Lipinski definition) is 0. The van der Waals surface area contributed by atoms with Crippen LogP contribution in [0.3, 0.4) is 0 Å². The Bertz CT molecular complexity index is 1160. The quantitative estimate of drug-likeness (QED) is 0.507. The molecule has 1 aliphatic heterocycles. The highest BCUT2D eigenvalue weighted by atomic mass is 19.2. The maximum absolute atomic E-state index is 13.4. The topological polar surface area (TPSA) is 67.2 Å². The summed E-state index contributed by atoms with van der Waals surface area (Å²) < 4.78 is 41.5. The first-order chi connectivity index (χ1) is 15.8. The maximum atomic E-state index is 13.4. The van der Waals surface area contributed by atoms with E-state index in [2.05, 4.69) is 10.1 Å². The fraction of sp³-hybridized carbons (Fsp3) is 0.391. The van der Waals surface area contributed by atoms with Crippen molar-refractivity contribution in [2.75, 3.05) is 23.9 Å². The molecule has 4 rings (SSSR count). The van der Waals surface area contributed by atoms with Gasteiger partial charge in [0.2, 0.25) is 5.91 Å². The van der Waals surface area contributed by atoms with E-state index < -0.39 is 17.5 Å². The minimum absolute atomic E-state index is 0.0385. The van der Waals surface area contributed by atoms with Crippen LogP contribution in [0.5, 0.6) is 0 Å². The van der Waals surface area contributed by atoms with Crippen molar-refractivity contribution in [2.24, 2.45) is 0 Å². The van der Waals surface area contributed by atoms with Crippen LogP contribution in [0.1, 0.15) is 36.7 Å². The minimum atomic E-state index is -1.48. The molecule has 174 valence electrons. The van der Waals surface area contributed by atoms with E-state index in [9.17, 15) is 18.0 Å². The van der Waals surface area contributed by atoms with Gasteiger partial charge >= 0.3 is 0 Å². The maximum Gasteiger partial charge on any atom is 0.249 e. The molecule has 3 aromatic rings. The van der Waals surface area contributed by atoms with Gasteiger partial charge in [0, 0.05) is 26.7 Å². The third-order valence-electron chi connectivity index (χ3n) is 5.85. The number of halogens is 3. The number of carbonyl (C=O) groups excluding carboxylic acids is 1. The van der Waals surface area contributed by atoms with Crippen molar-refractivity contribution < 1.29 is 18.0 Å². The molecule has 0 unspecified atom stereocenters. The molecule has 0 bridgehead atoms. The number of amides is 1. The molecule has 2 aromatic heterocycles. The first-order valence-corrected chi connectivity index (χ1v) is 10.8. The molecule has 7 nitrogen and oxygen atoms in total. The number of hydrogen-bond acceptors (Lipinski definition) is 5. The summed E-state index contributed by atoms with van der Waals surface area (Å²) >= 11 is 0. The van der Waals surface area contributed by atoms with Gasteiger partial charge < -0.3 is 9.80 Å². The van der Waals surface area contributed by atoms with Gasteiger partial charge in [-0.1, -0.05) is 13.3 Å². The van der Waals surface area contributed by atoms with E-state index in [4.69, 9.17) is 4.98 Å². The van der Waals surface area contributed by atoms with Crippen molar-refractivity contribution in [1.82, 2.24) is 19.7 Å². The lowest BCUT2D eigenvalue weighted by Gasteiger charge is -2.38. The van der Waals surface area contributed by atoms with Gasteiger partial charge in [-0.05, 0) is 36.1 Å². The molecule has 3 heterocycles. The standard InChI is InChI=1S/C23H25F3N6O/c1-4-5-18-23(33)31(3)19-11-27-20(29-22(19)30(18)2)7-6-14-10-28-32(12-14)13-15-8-16(24)21(26)17(25)9-15/h8-12,18H,4-7,13H2,1-3H3/t18-/m0/s1. The summed E-state index contributed by atoms with van der Waals surface area (Å²) in [6.45, 7) is 2.17. The zero-order chi connectivity index (χ0) is 23.7. The number of anilines is 2. The Labute approximate surface area is 189 Å². The van der Waals surface area contributed by atoms with E-state index in [1.807, 2.05) is 18.9 Å². The van der Waals surface area contributed by atoms with E-state index in [1.54, 1.807) is 35.2 Å². The van der Waals surface area contributed by atoms with Crippen LogP contribution in [0.4, 0.5) is 24.7 Å². The SMILES string of the molecule is CCC[C@H]1C(=O)N(C)c2cnc(CCc3cnn(Cc4cc(F)c(F)c(F)c4)c3)nc2N1C. The summed E-state index contributed by atoms with van der Waals surface area (Å²) in [5.74, 6) is -2.50. The predicted molar refractivity (Wildman–Crippen MR) is 118 cm³/mol. The molecule has 0 spiro atoms. The Hall–Kier alpha value is -3.43. The number of rotatable bonds is 7. The molecule has 0 radical (unpaired) electrons. The molecular formula is C23H25F3N6O. The van der Waals surface area contributed by atoms with Crippen molar-refractivity contribution in [3.05, 3.63) is 65.1 Å². The van der Waals surface area contributed by atoms with Crippen LogP contribution in [0.25, 0.3) is 0 Å². The van der Waals surface area contributed by atoms with Crippen LogP contribution in [0.2, 0.25) is 0 Å². The van der Waals surface area contributed by atoms with Gasteiger partial charge in [0.05, 0.1) is 18.9 Å². The average molecular weight is 458 g/mol. The molecule has 0 saturated carbocycles. The highest BCUT2D eigenvalue weighted by Gasteiger charge is 2.35. The van der Waals surface area contributed by atoms with Crippen LogP contribution in [-0.2, 0) is 24.2 Å². The highest BCUT2D eigenvalue weighted by Crippen LogP contribution is 2.33. The summed E-state index contributed by atoms with van der Waals surface area (Å²) in [5, 5.41) is 4.22. The van der Waals surface area contributed by atoms with Crippen LogP contribution >= 0.6 is 0 Å². The molecule has 1 aliphatic rings. The molecular weight excluding hydrogens is 433 g/mol. The number of aromatic nitrogens is 4. The Kier molecular flexibility index (Phi) is 6.35. The number of carbonyl (C=O) groups is 1. The first kappa shape index (κ1) is 22.8. The third-order valence-corrected chi connectivity index (χ3v) is 5.85. The zero-order valence-electron chi connectivity index (χ0n) is 18.7. The number of fused-ring (bicyclic) bond motifs is 1. The zero-order valence-corrected chi connectivity index (χ0v) is 18.7. The monoisotopic (exact) mass is 458 g/mol. The summed E-state index contributed by atoms with van der Waals surface area (Å²) in [6.07, 6.45) is 7.93. The van der Waals surface area contributed by atoms with Crippen molar-refractivity contribution in [3.8, 4) is 0 Å². The van der Waals surface area contributed by atoms with E-state index in [1.165, 1.54) is 0 Å². The number of aryl methyl sites for hydroxylation is 2. The molecule has 0 saturated heterocycles. The number of nitrogens with zero attached hydrogens (tertiary/aromatic N) is 6. The molecule has 1 aromatic carbocycles. The molecule has 10 heteroatoms. The second kappa shape index (κ2) is 9.21. The number of benzene rings is 1. The lowest BCUT2D eigenvalue weighted by molar-refractivity contribution is -0.120. The normalized spacial score (nSPS) is 15.8. The molecule has 0 N–H and O–H groups in total. The van der Waals surface area contributed by atoms with E-state index in [-0.39, 0.29) is 24.1 Å². The van der Waals surface area contributed by atoms with E-state index >= 15 is 0 Å². The highest BCUT2D eigenvalue weighted by molar-refractivity contribution is 6.04. The summed E-state index contributed by atoms with van der Waals surface area (Å²) in [6, 6.07) is 1.69. The fourth-order valence-corrected chi connectivity index (χ4v) is 4.03. The smallest absolute Gasteiger partial charge is 0.249 e. The second-order valence-corrected chi connectivity index (χ2v) is 8.23. The molecule has 33 heavy (non-hydrogen) atoms. The summed E-state index contributed by atoms with van der Waals surface area (Å²) in [5.41, 5.74) is 1.87. The van der Waals surface area contributed by atoms with Crippen LogP contribution in [0.15, 0.2) is 30.7 Å². The van der Waals surface area contributed by atoms with Crippen LogP contribution in [-0.4, -0.2) is 45.8 Å². The third kappa shape index (κ3) is 4.55. The number of likely N-dealkylation sites (N-methyl/N-ethyl adjacent to an activating group) is 2. The van der Waals surface area contributed by atoms with Gasteiger partial charge in [-0.25, -0.2) is 23.1 Å². The van der Waals surface area contributed by atoms with Gasteiger partial charge in [0.15, 0.2) is 23.3 Å². The van der Waals surface area contributed by atoms with E-state index in [0.717, 1.165) is 36.4 Å². The lowest BCUT2D eigenvalue weighted by Crippen LogP contribution is -2.51. The second-order valence-electron chi connectivity index (χ2n) is 8.23. The van der Waals surface area contributed by atoms with Crippen molar-refractivity contribution >= 4 is 17.4 Å². The van der Waals surface area contributed by atoms with Gasteiger partial charge in [-0.15, -0.1) is 0 Å². The van der Waals surface area contributed by atoms with Gasteiger partial charge in [-0.2, -0.15) is 5.10 Å². The largest absolute Gasteiger partial charge is 0.346 e. The lowest BCUT2D eigenvalue weighted by atomic mass is 10.1. The Morgan fingerprint density at radius 3 is 2.45 bits per heavy atom. The Morgan fingerprint density at radius 2 is 1.76 bits per heavy atom. The predicted octanol–water partition coefficient (Wildman–Crippen LogP) is 3.51. The molecule has 1 atom stereocenters. The minimum Gasteiger partial charge on any atom is -0.346 e. The van der Waals surface area contributed by atoms with E-state index in [0.29, 0.717) is 24.4 Å². The molecule has 0 aliphatic carbocycles. The van der Waals surface area contributed by atoms with Crippen molar-refractivity contribution in [1.29, 1.82) is 0 Å². The van der Waals surface area contributed by atoms with Crippen LogP contribution < -0.4 is 9.80 Å². The average Bonchev–Trinajstić information content (AvgIpc) is 3.24.